The number of nitrogens with one attached hydrogen (secondary N) is 1. The van der Waals surface area contributed by atoms with Crippen molar-refractivity contribution in [1.82, 2.24) is 5.32 Å². The van der Waals surface area contributed by atoms with Crippen molar-refractivity contribution in [1.29, 1.82) is 0 Å². The van der Waals surface area contributed by atoms with E-state index >= 15 is 0 Å². The molecule has 1 amide bonds. The Morgan fingerprint density at radius 3 is 2.52 bits per heavy atom. The topological polar surface area (TPSA) is 90.7 Å². The minimum absolute atomic E-state index is 0.0264. The van der Waals surface area contributed by atoms with Crippen molar-refractivity contribution in [2.45, 2.75) is 32.3 Å². The second-order valence-electron chi connectivity index (χ2n) is 6.11. The molecule has 0 saturated carbocycles. The van der Waals surface area contributed by atoms with Crippen LogP contribution in [0.2, 0.25) is 0 Å². The summed E-state index contributed by atoms with van der Waals surface area (Å²) in [6.07, 6.45) is 0.00843. The van der Waals surface area contributed by atoms with Gasteiger partial charge in [-0.3, -0.25) is 14.9 Å². The second-order valence-corrected chi connectivity index (χ2v) is 6.11. The Balaban J connectivity index is 2.00. The van der Waals surface area contributed by atoms with Gasteiger partial charge < -0.3 is 14.8 Å². The lowest BCUT2D eigenvalue weighted by atomic mass is 9.96. The van der Waals surface area contributed by atoms with E-state index < -0.39 is 11.0 Å². The molecule has 0 aliphatic carbocycles. The fourth-order valence-electron chi connectivity index (χ4n) is 2.70. The molecule has 0 aliphatic heterocycles. The molecule has 0 saturated heterocycles. The van der Waals surface area contributed by atoms with Crippen molar-refractivity contribution < 1.29 is 19.2 Å². The summed E-state index contributed by atoms with van der Waals surface area (Å²) < 4.78 is 10.5. The van der Waals surface area contributed by atoms with Gasteiger partial charge in [0.2, 0.25) is 0 Å². The van der Waals surface area contributed by atoms with Gasteiger partial charge in [0.15, 0.2) is 11.9 Å². The minimum Gasteiger partial charge on any atom is -0.496 e. The highest BCUT2D eigenvalue weighted by Gasteiger charge is 2.22. The molecule has 2 atom stereocenters. The number of rotatable bonds is 9. The number of methoxy groups -OCH3 is 1. The van der Waals surface area contributed by atoms with E-state index in [1.54, 1.807) is 13.0 Å². The van der Waals surface area contributed by atoms with Gasteiger partial charge in [-0.2, -0.15) is 0 Å². The third kappa shape index (κ3) is 5.44. The van der Waals surface area contributed by atoms with Gasteiger partial charge in [-0.1, -0.05) is 37.3 Å². The quantitative estimate of drug-likeness (QED) is 0.536. The van der Waals surface area contributed by atoms with E-state index in [1.165, 1.54) is 19.2 Å². The SMILES string of the molecule is CC[C@H](CNC(=O)[C@@H](C)Oc1ccc(OC)cc1[N+](=O)[O-])c1ccccc1. The van der Waals surface area contributed by atoms with E-state index in [4.69, 9.17) is 9.47 Å². The summed E-state index contributed by atoms with van der Waals surface area (Å²) in [5.74, 6) is 0.241. The summed E-state index contributed by atoms with van der Waals surface area (Å²) in [5, 5.41) is 14.1. The van der Waals surface area contributed by atoms with Crippen LogP contribution in [0, 0.1) is 10.1 Å². The zero-order valence-corrected chi connectivity index (χ0v) is 15.7. The monoisotopic (exact) mass is 372 g/mol. The van der Waals surface area contributed by atoms with Gasteiger partial charge in [0.05, 0.1) is 18.1 Å². The molecule has 0 heterocycles. The number of ether oxygens (including phenoxy) is 2. The summed E-state index contributed by atoms with van der Waals surface area (Å²) in [7, 11) is 1.42. The Hall–Kier alpha value is -3.09. The molecule has 2 rings (SSSR count). The fourth-order valence-corrected chi connectivity index (χ4v) is 2.70. The van der Waals surface area contributed by atoms with Crippen LogP contribution in [-0.4, -0.2) is 30.6 Å². The maximum atomic E-state index is 12.4. The number of carbonyl (C=O) groups is 1. The predicted octanol–water partition coefficient (Wildman–Crippen LogP) is 3.68. The number of benzene rings is 2. The Bertz CT molecular complexity index is 779. The van der Waals surface area contributed by atoms with Crippen molar-refractivity contribution in [3.05, 3.63) is 64.2 Å². The minimum atomic E-state index is -0.870. The molecule has 2 aromatic rings. The molecule has 7 nitrogen and oxygen atoms in total. The van der Waals surface area contributed by atoms with Crippen molar-refractivity contribution >= 4 is 11.6 Å². The first kappa shape index (κ1) is 20.2. The second kappa shape index (κ2) is 9.56. The van der Waals surface area contributed by atoms with Crippen LogP contribution in [0.3, 0.4) is 0 Å². The van der Waals surface area contributed by atoms with Crippen LogP contribution < -0.4 is 14.8 Å². The Kier molecular flexibility index (Phi) is 7.16. The summed E-state index contributed by atoms with van der Waals surface area (Å²) in [6, 6.07) is 14.2. The zero-order chi connectivity index (χ0) is 19.8. The molecule has 0 fully saturated rings. The molecule has 144 valence electrons. The molecule has 0 aliphatic rings. The van der Waals surface area contributed by atoms with Crippen LogP contribution in [0.1, 0.15) is 31.7 Å². The van der Waals surface area contributed by atoms with E-state index in [0.29, 0.717) is 12.3 Å². The number of nitrogens with zero attached hydrogens (tertiary/aromatic N) is 1. The maximum absolute atomic E-state index is 12.4. The first-order valence-corrected chi connectivity index (χ1v) is 8.78. The van der Waals surface area contributed by atoms with Crippen LogP contribution in [0.15, 0.2) is 48.5 Å². The Labute approximate surface area is 158 Å². The third-order valence-electron chi connectivity index (χ3n) is 4.32. The third-order valence-corrected chi connectivity index (χ3v) is 4.32. The molecule has 7 heteroatoms. The van der Waals surface area contributed by atoms with E-state index in [2.05, 4.69) is 12.2 Å². The van der Waals surface area contributed by atoms with Crippen LogP contribution in [0.4, 0.5) is 5.69 Å². The average molecular weight is 372 g/mol. The van der Waals surface area contributed by atoms with Gasteiger partial charge in [-0.25, -0.2) is 0 Å². The first-order valence-electron chi connectivity index (χ1n) is 8.78. The van der Waals surface area contributed by atoms with Gasteiger partial charge in [0.25, 0.3) is 5.91 Å². The van der Waals surface area contributed by atoms with E-state index in [9.17, 15) is 14.9 Å². The van der Waals surface area contributed by atoms with Crippen molar-refractivity contribution in [3.8, 4) is 11.5 Å². The Morgan fingerprint density at radius 2 is 1.93 bits per heavy atom. The lowest BCUT2D eigenvalue weighted by Crippen LogP contribution is -2.38. The lowest BCUT2D eigenvalue weighted by Gasteiger charge is -2.19. The number of hydrogen-bond donors (Lipinski definition) is 1. The highest BCUT2D eigenvalue weighted by atomic mass is 16.6. The van der Waals surface area contributed by atoms with Crippen molar-refractivity contribution in [2.75, 3.05) is 13.7 Å². The highest BCUT2D eigenvalue weighted by Crippen LogP contribution is 2.31. The molecule has 1 N–H and O–H groups in total. The highest BCUT2D eigenvalue weighted by molar-refractivity contribution is 5.81. The fraction of sp³-hybridized carbons (Fsp3) is 0.350. The maximum Gasteiger partial charge on any atom is 0.314 e. The molecule has 2 aromatic carbocycles. The standard InChI is InChI=1S/C20H24N2O5/c1-4-15(16-8-6-5-7-9-16)13-21-20(23)14(2)27-19-11-10-17(26-3)12-18(19)22(24)25/h5-12,14-15H,4,13H2,1-3H3,(H,21,23)/t14-,15-/m1/s1. The van der Waals surface area contributed by atoms with Crippen LogP contribution in [0.5, 0.6) is 11.5 Å². The van der Waals surface area contributed by atoms with Gasteiger partial charge in [-0.15, -0.1) is 0 Å². The van der Waals surface area contributed by atoms with Gasteiger partial charge >= 0.3 is 5.69 Å². The largest absolute Gasteiger partial charge is 0.496 e. The molecule has 0 aromatic heterocycles. The molecular weight excluding hydrogens is 348 g/mol. The van der Waals surface area contributed by atoms with Crippen LogP contribution in [-0.2, 0) is 4.79 Å². The molecule has 0 radical (unpaired) electrons. The summed E-state index contributed by atoms with van der Waals surface area (Å²) >= 11 is 0. The first-order chi connectivity index (χ1) is 13.0. The zero-order valence-electron chi connectivity index (χ0n) is 15.7. The molecule has 0 spiro atoms. The number of hydrogen-bond acceptors (Lipinski definition) is 5. The summed E-state index contributed by atoms with van der Waals surface area (Å²) in [6.45, 7) is 4.09. The van der Waals surface area contributed by atoms with Crippen LogP contribution >= 0.6 is 0 Å². The number of amides is 1. The lowest BCUT2D eigenvalue weighted by molar-refractivity contribution is -0.386. The Morgan fingerprint density at radius 1 is 1.22 bits per heavy atom. The summed E-state index contributed by atoms with van der Waals surface area (Å²) in [4.78, 5) is 23.0. The van der Waals surface area contributed by atoms with E-state index in [1.807, 2.05) is 30.3 Å². The molecule has 0 bridgehead atoms. The van der Waals surface area contributed by atoms with Gasteiger partial charge in [0, 0.05) is 12.5 Å². The van der Waals surface area contributed by atoms with Gasteiger partial charge in [0.1, 0.15) is 5.75 Å². The number of nitro benzene ring substituents is 1. The van der Waals surface area contributed by atoms with Crippen molar-refractivity contribution in [2.24, 2.45) is 0 Å². The summed E-state index contributed by atoms with van der Waals surface area (Å²) in [5.41, 5.74) is 0.907. The number of nitro groups is 1. The number of carbonyl (C=O) groups excluding carboxylic acids is 1. The van der Waals surface area contributed by atoms with Crippen LogP contribution in [0.25, 0.3) is 0 Å². The van der Waals surface area contributed by atoms with Crippen molar-refractivity contribution in [3.63, 3.8) is 0 Å². The molecule has 27 heavy (non-hydrogen) atoms. The molecule has 0 unspecified atom stereocenters. The van der Waals surface area contributed by atoms with Gasteiger partial charge in [-0.05, 0) is 31.0 Å². The smallest absolute Gasteiger partial charge is 0.314 e. The molecular formula is C20H24N2O5. The van der Waals surface area contributed by atoms with E-state index in [0.717, 1.165) is 12.0 Å². The van der Waals surface area contributed by atoms with E-state index in [-0.39, 0.29) is 23.3 Å². The normalized spacial score (nSPS) is 12.7. The predicted molar refractivity (Wildman–Crippen MR) is 102 cm³/mol. The average Bonchev–Trinajstić information content (AvgIpc) is 2.69.